The molecule has 0 bridgehead atoms. The van der Waals surface area contributed by atoms with E-state index in [4.69, 9.17) is 37.9 Å². The molecule has 4 aliphatic rings. The van der Waals surface area contributed by atoms with E-state index < -0.39 is 24.8 Å². The van der Waals surface area contributed by atoms with Gasteiger partial charge in [-0.05, 0) is 17.0 Å². The molecule has 6 unspecified atom stereocenters. The second-order valence-electron chi connectivity index (χ2n) is 14.1. The summed E-state index contributed by atoms with van der Waals surface area (Å²) in [4.78, 5) is 0. The Morgan fingerprint density at radius 3 is 1.38 bits per heavy atom. The average molecular weight is 711 g/mol. The van der Waals surface area contributed by atoms with Gasteiger partial charge in [-0.3, -0.25) is 0 Å². The van der Waals surface area contributed by atoms with Crippen molar-refractivity contribution in [1.29, 1.82) is 0 Å². The number of fused-ring (bicyclic) bond motifs is 2. The quantitative estimate of drug-likeness (QED) is 0.202. The summed E-state index contributed by atoms with van der Waals surface area (Å²) in [7, 11) is 0. The third-order valence-corrected chi connectivity index (χ3v) is 10.5. The molecule has 12 atom stereocenters. The van der Waals surface area contributed by atoms with Crippen molar-refractivity contribution in [1.82, 2.24) is 0 Å². The number of aliphatic hydroxyl groups excluding tert-OH is 1. The molecular formula is C43H50O9. The van der Waals surface area contributed by atoms with Crippen LogP contribution in [0.3, 0.4) is 0 Å². The van der Waals surface area contributed by atoms with Crippen molar-refractivity contribution >= 4 is 0 Å². The molecule has 0 saturated carbocycles. The van der Waals surface area contributed by atoms with Gasteiger partial charge in [-0.1, -0.05) is 142 Å². The molecule has 4 aliphatic heterocycles. The van der Waals surface area contributed by atoms with E-state index in [1.165, 1.54) is 0 Å². The van der Waals surface area contributed by atoms with Gasteiger partial charge in [-0.15, -0.1) is 0 Å². The lowest BCUT2D eigenvalue weighted by Gasteiger charge is -2.48. The molecule has 0 radical (unpaired) electrons. The maximum Gasteiger partial charge on any atom is 0.184 e. The molecule has 52 heavy (non-hydrogen) atoms. The summed E-state index contributed by atoms with van der Waals surface area (Å²) in [6, 6.07) is 39.9. The van der Waals surface area contributed by atoms with E-state index in [1.807, 2.05) is 116 Å². The lowest BCUT2D eigenvalue weighted by atomic mass is 9.84. The molecule has 0 amide bonds. The lowest BCUT2D eigenvalue weighted by Crippen LogP contribution is -2.59. The van der Waals surface area contributed by atoms with Crippen LogP contribution in [0.2, 0.25) is 0 Å². The lowest BCUT2D eigenvalue weighted by molar-refractivity contribution is -0.353. The third kappa shape index (κ3) is 8.82. The first-order chi connectivity index (χ1) is 25.4. The van der Waals surface area contributed by atoms with Gasteiger partial charge < -0.3 is 43.0 Å². The highest BCUT2D eigenvalue weighted by Crippen LogP contribution is 2.40. The highest BCUT2D eigenvalue weighted by atomic mass is 16.8. The van der Waals surface area contributed by atoms with Crippen LogP contribution in [0.4, 0.5) is 0 Å². The number of aliphatic hydroxyl groups is 1. The minimum Gasteiger partial charge on any atom is -0.390 e. The van der Waals surface area contributed by atoms with Crippen molar-refractivity contribution < 1.29 is 43.0 Å². The fraction of sp³-hybridized carbons (Fsp3) is 0.442. The minimum atomic E-state index is -0.676. The van der Waals surface area contributed by atoms with E-state index >= 15 is 0 Å². The number of benzene rings is 4. The number of hydrogen-bond donors (Lipinski definition) is 1. The zero-order valence-corrected chi connectivity index (χ0v) is 30.0. The largest absolute Gasteiger partial charge is 0.390 e. The highest BCUT2D eigenvalue weighted by molar-refractivity contribution is 5.18. The minimum absolute atomic E-state index is 0.0144. The summed E-state index contributed by atoms with van der Waals surface area (Å²) in [5.41, 5.74) is 4.21. The Kier molecular flexibility index (Phi) is 12.4. The summed E-state index contributed by atoms with van der Waals surface area (Å²) in [6.45, 7) is 8.19. The summed E-state index contributed by atoms with van der Waals surface area (Å²) in [6.07, 6.45) is -3.07. The Hall–Kier alpha value is -3.48. The Morgan fingerprint density at radius 2 is 0.904 bits per heavy atom. The Labute approximate surface area is 306 Å². The van der Waals surface area contributed by atoms with Gasteiger partial charge in [-0.2, -0.15) is 0 Å². The molecule has 4 saturated heterocycles. The number of rotatable bonds is 8. The van der Waals surface area contributed by atoms with Crippen LogP contribution < -0.4 is 0 Å². The molecule has 0 aromatic heterocycles. The summed E-state index contributed by atoms with van der Waals surface area (Å²) in [5, 5.41) is 10.8. The van der Waals surface area contributed by atoms with Crippen molar-refractivity contribution in [3.05, 3.63) is 144 Å². The van der Waals surface area contributed by atoms with Crippen molar-refractivity contribution in [2.75, 3.05) is 13.2 Å². The predicted octanol–water partition coefficient (Wildman–Crippen LogP) is 7.35. The van der Waals surface area contributed by atoms with Crippen LogP contribution in [-0.4, -0.2) is 61.4 Å². The predicted molar refractivity (Wildman–Crippen MR) is 193 cm³/mol. The molecule has 9 heteroatoms. The fourth-order valence-corrected chi connectivity index (χ4v) is 7.15. The first kappa shape index (κ1) is 36.9. The summed E-state index contributed by atoms with van der Waals surface area (Å²) >= 11 is 0. The number of ether oxygens (including phenoxy) is 8. The molecule has 4 aromatic carbocycles. The van der Waals surface area contributed by atoms with Crippen molar-refractivity contribution in [2.45, 2.75) is 89.7 Å². The van der Waals surface area contributed by atoms with Crippen LogP contribution >= 0.6 is 0 Å². The van der Waals surface area contributed by atoms with Gasteiger partial charge in [-0.25, -0.2) is 0 Å². The van der Waals surface area contributed by atoms with Crippen LogP contribution in [0.25, 0.3) is 0 Å². The van der Waals surface area contributed by atoms with Crippen molar-refractivity contribution in [2.24, 2.45) is 17.8 Å². The molecule has 4 aromatic rings. The molecule has 1 N–H and O–H groups in total. The maximum absolute atomic E-state index is 10.8. The van der Waals surface area contributed by atoms with Crippen LogP contribution in [0.5, 0.6) is 0 Å². The molecule has 8 rings (SSSR count). The monoisotopic (exact) mass is 710 g/mol. The topological polar surface area (TPSA) is 94.1 Å². The van der Waals surface area contributed by atoms with E-state index in [9.17, 15) is 5.11 Å². The van der Waals surface area contributed by atoms with E-state index in [-0.39, 0.29) is 42.7 Å². The zero-order valence-electron chi connectivity index (χ0n) is 30.0. The number of hydrogen-bond acceptors (Lipinski definition) is 9. The van der Waals surface area contributed by atoms with Gasteiger partial charge in [0.15, 0.2) is 25.2 Å². The summed E-state index contributed by atoms with van der Waals surface area (Å²) in [5.74, 6) is 0.369. The Morgan fingerprint density at radius 1 is 0.500 bits per heavy atom. The first-order valence-electron chi connectivity index (χ1n) is 18.4. The van der Waals surface area contributed by atoms with Crippen LogP contribution in [0.15, 0.2) is 121 Å². The third-order valence-electron chi connectivity index (χ3n) is 10.5. The zero-order chi connectivity index (χ0) is 35.9. The highest BCUT2D eigenvalue weighted by Gasteiger charge is 2.48. The molecule has 4 fully saturated rings. The molecule has 9 nitrogen and oxygen atoms in total. The SMILES string of the molecule is CC1[C@H](OCc2ccccc2)OC2COC(c3ccccc3)O[C@H]2[C@@H]1C.CC1[C@H](OCc2ccccc2)OC2COC(c3ccccc3)O[C@H]2[C@@H]1O. The van der Waals surface area contributed by atoms with Crippen LogP contribution in [0.1, 0.15) is 55.6 Å². The van der Waals surface area contributed by atoms with Gasteiger partial charge in [0.1, 0.15) is 18.3 Å². The summed E-state index contributed by atoms with van der Waals surface area (Å²) < 4.78 is 48.3. The second kappa shape index (κ2) is 17.6. The molecule has 0 spiro atoms. The van der Waals surface area contributed by atoms with Crippen molar-refractivity contribution in [3.8, 4) is 0 Å². The van der Waals surface area contributed by atoms with E-state index in [0.717, 1.165) is 22.3 Å². The van der Waals surface area contributed by atoms with Crippen LogP contribution in [0, 0.1) is 17.8 Å². The van der Waals surface area contributed by atoms with Crippen LogP contribution in [-0.2, 0) is 51.1 Å². The van der Waals surface area contributed by atoms with Gasteiger partial charge >= 0.3 is 0 Å². The second-order valence-corrected chi connectivity index (χ2v) is 14.1. The smallest absolute Gasteiger partial charge is 0.184 e. The van der Waals surface area contributed by atoms with Gasteiger partial charge in [0.05, 0.1) is 38.6 Å². The maximum atomic E-state index is 10.8. The van der Waals surface area contributed by atoms with E-state index in [0.29, 0.717) is 32.3 Å². The Balaban J connectivity index is 0.000000162. The van der Waals surface area contributed by atoms with Gasteiger partial charge in [0, 0.05) is 23.0 Å². The fourth-order valence-electron chi connectivity index (χ4n) is 7.15. The molecular weight excluding hydrogens is 660 g/mol. The molecule has 276 valence electrons. The van der Waals surface area contributed by atoms with E-state index in [2.05, 4.69) is 26.0 Å². The van der Waals surface area contributed by atoms with Gasteiger partial charge in [0.25, 0.3) is 0 Å². The normalized spacial score (nSPS) is 34.2. The molecule has 4 heterocycles. The molecule has 0 aliphatic carbocycles. The first-order valence-corrected chi connectivity index (χ1v) is 18.4. The van der Waals surface area contributed by atoms with Gasteiger partial charge in [0.2, 0.25) is 0 Å². The average Bonchev–Trinajstić information content (AvgIpc) is 3.21. The van der Waals surface area contributed by atoms with Crippen molar-refractivity contribution in [3.63, 3.8) is 0 Å². The van der Waals surface area contributed by atoms with E-state index in [1.54, 1.807) is 0 Å². The standard InChI is InChI=1S/C22H26O4.C21H24O5/c1-15-16(2)21(23-13-17-9-5-3-6-10-17)25-19-14-24-22(26-20(15)19)18-11-7-4-8-12-18;1-14-18(22)19-17(13-24-21(26-19)16-10-6-3-7-11-16)25-20(14)23-12-15-8-4-2-5-9-15/h3-12,15-16,19-22H,13-14H2,1-2H3;2-11,14,17-22H,12-13H2,1H3/t15-,16?,19?,20+,21-,22?;14?,17?,18-,19-,20-,21?/m11/s1. The Bertz CT molecular complexity index is 1500.